The highest BCUT2D eigenvalue weighted by molar-refractivity contribution is 6.29. The zero-order chi connectivity index (χ0) is 12.1. The van der Waals surface area contributed by atoms with Gasteiger partial charge in [0.05, 0.1) is 11.6 Å². The molecule has 0 saturated heterocycles. The fraction of sp³-hybridized carbons (Fsp3) is 0.385. The Bertz CT molecular complexity index is 474. The van der Waals surface area contributed by atoms with E-state index in [1.807, 2.05) is 0 Å². The Morgan fingerprint density at radius 3 is 3.06 bits per heavy atom. The molecule has 1 aliphatic rings. The van der Waals surface area contributed by atoms with Crippen LogP contribution in [0, 0.1) is 11.3 Å². The predicted molar refractivity (Wildman–Crippen MR) is 69.0 cm³/mol. The van der Waals surface area contributed by atoms with Crippen LogP contribution < -0.4 is 5.32 Å². The van der Waals surface area contributed by atoms with Gasteiger partial charge in [0.25, 0.3) is 0 Å². The topological polar surface area (TPSA) is 48.7 Å². The van der Waals surface area contributed by atoms with Crippen molar-refractivity contribution in [3.8, 4) is 6.07 Å². The molecule has 0 radical (unpaired) electrons. The Kier molecular flexibility index (Phi) is 4.00. The van der Waals surface area contributed by atoms with Crippen LogP contribution >= 0.6 is 11.6 Å². The Hall–Kier alpha value is -1.53. The van der Waals surface area contributed by atoms with Gasteiger partial charge in [0.2, 0.25) is 0 Å². The maximum atomic E-state index is 8.81. The molecule has 0 amide bonds. The van der Waals surface area contributed by atoms with Crippen LogP contribution in [0.15, 0.2) is 23.8 Å². The van der Waals surface area contributed by atoms with Gasteiger partial charge in [0.1, 0.15) is 11.0 Å². The third-order valence-corrected chi connectivity index (χ3v) is 3.00. The third kappa shape index (κ3) is 3.47. The molecule has 0 aromatic carbocycles. The molecule has 1 aliphatic carbocycles. The Morgan fingerprint density at radius 2 is 2.35 bits per heavy atom. The van der Waals surface area contributed by atoms with Crippen LogP contribution in [-0.2, 0) is 0 Å². The van der Waals surface area contributed by atoms with Crippen molar-refractivity contribution in [1.29, 1.82) is 5.26 Å². The largest absolute Gasteiger partial charge is 0.370 e. The summed E-state index contributed by atoms with van der Waals surface area (Å²) in [5, 5.41) is 12.4. The van der Waals surface area contributed by atoms with E-state index in [0.717, 1.165) is 13.0 Å². The lowest BCUT2D eigenvalue weighted by Gasteiger charge is -2.06. The zero-order valence-electron chi connectivity index (χ0n) is 9.54. The quantitative estimate of drug-likeness (QED) is 0.654. The van der Waals surface area contributed by atoms with E-state index in [9.17, 15) is 0 Å². The van der Waals surface area contributed by atoms with Crippen LogP contribution in [0.4, 0.5) is 5.82 Å². The van der Waals surface area contributed by atoms with Crippen LogP contribution in [0.3, 0.4) is 0 Å². The third-order valence-electron chi connectivity index (χ3n) is 2.81. The Morgan fingerprint density at radius 1 is 1.47 bits per heavy atom. The first-order valence-corrected chi connectivity index (χ1v) is 6.15. The van der Waals surface area contributed by atoms with Gasteiger partial charge in [-0.1, -0.05) is 23.3 Å². The van der Waals surface area contributed by atoms with E-state index in [1.165, 1.54) is 24.8 Å². The van der Waals surface area contributed by atoms with E-state index >= 15 is 0 Å². The number of hydrogen-bond donors (Lipinski definition) is 1. The molecular weight excluding hydrogens is 234 g/mol. The molecule has 1 N–H and O–H groups in total. The van der Waals surface area contributed by atoms with Crippen LogP contribution in [0.5, 0.6) is 0 Å². The van der Waals surface area contributed by atoms with E-state index in [-0.39, 0.29) is 0 Å². The molecule has 4 heteroatoms. The Balaban J connectivity index is 1.90. The fourth-order valence-electron chi connectivity index (χ4n) is 1.97. The number of anilines is 1. The molecule has 0 atom stereocenters. The first kappa shape index (κ1) is 11.9. The van der Waals surface area contributed by atoms with Crippen LogP contribution in [0.25, 0.3) is 0 Å². The molecule has 0 saturated carbocycles. The molecule has 1 aromatic heterocycles. The lowest BCUT2D eigenvalue weighted by molar-refractivity contribution is 0.862. The van der Waals surface area contributed by atoms with Gasteiger partial charge in [-0.05, 0) is 37.8 Å². The molecule has 3 nitrogen and oxygen atoms in total. The number of nitrogens with zero attached hydrogens (tertiary/aromatic N) is 2. The average molecular weight is 248 g/mol. The van der Waals surface area contributed by atoms with Gasteiger partial charge < -0.3 is 5.32 Å². The van der Waals surface area contributed by atoms with E-state index in [1.54, 1.807) is 12.1 Å². The van der Waals surface area contributed by atoms with E-state index < -0.39 is 0 Å². The van der Waals surface area contributed by atoms with Gasteiger partial charge >= 0.3 is 0 Å². The first-order chi connectivity index (χ1) is 8.28. The molecular formula is C13H14ClN3. The van der Waals surface area contributed by atoms with Crippen molar-refractivity contribution in [1.82, 2.24) is 4.98 Å². The number of halogens is 1. The summed E-state index contributed by atoms with van der Waals surface area (Å²) >= 11 is 5.82. The summed E-state index contributed by atoms with van der Waals surface area (Å²) in [6.45, 7) is 0.837. The lowest BCUT2D eigenvalue weighted by atomic mass is 10.2. The van der Waals surface area contributed by atoms with Crippen molar-refractivity contribution < 1.29 is 0 Å². The highest BCUT2D eigenvalue weighted by Gasteiger charge is 2.05. The van der Waals surface area contributed by atoms with Gasteiger partial charge in [-0.25, -0.2) is 4.98 Å². The standard InChI is InChI=1S/C13H14ClN3/c14-12-7-11(9-15)8-13(17-12)16-6-5-10-3-1-2-4-10/h3,7-8H,1-2,4-6H2,(H,16,17). The van der Waals surface area contributed by atoms with Crippen molar-refractivity contribution in [2.75, 3.05) is 11.9 Å². The molecule has 2 rings (SSSR count). The van der Waals surface area contributed by atoms with E-state index in [2.05, 4.69) is 22.4 Å². The van der Waals surface area contributed by atoms with Gasteiger partial charge in [-0.3, -0.25) is 0 Å². The summed E-state index contributed by atoms with van der Waals surface area (Å²) in [6.07, 6.45) is 7.06. The fourth-order valence-corrected chi connectivity index (χ4v) is 2.18. The van der Waals surface area contributed by atoms with Crippen molar-refractivity contribution in [3.63, 3.8) is 0 Å². The second kappa shape index (κ2) is 5.70. The highest BCUT2D eigenvalue weighted by Crippen LogP contribution is 2.20. The van der Waals surface area contributed by atoms with Crippen molar-refractivity contribution in [2.24, 2.45) is 0 Å². The molecule has 0 bridgehead atoms. The van der Waals surface area contributed by atoms with Gasteiger partial charge in [0, 0.05) is 6.54 Å². The molecule has 88 valence electrons. The maximum absolute atomic E-state index is 8.81. The number of pyridine rings is 1. The molecule has 0 unspecified atom stereocenters. The minimum Gasteiger partial charge on any atom is -0.370 e. The number of allylic oxidation sites excluding steroid dienone is 1. The van der Waals surface area contributed by atoms with Crippen LogP contribution in [-0.4, -0.2) is 11.5 Å². The van der Waals surface area contributed by atoms with Crippen LogP contribution in [0.1, 0.15) is 31.2 Å². The molecule has 0 aliphatic heterocycles. The van der Waals surface area contributed by atoms with Gasteiger partial charge in [-0.15, -0.1) is 0 Å². The Labute approximate surface area is 106 Å². The normalized spacial score (nSPS) is 14.2. The summed E-state index contributed by atoms with van der Waals surface area (Å²) in [7, 11) is 0. The second-order valence-corrected chi connectivity index (χ2v) is 4.49. The SMILES string of the molecule is N#Cc1cc(Cl)nc(NCCC2=CCCC2)c1. The predicted octanol–water partition coefficient (Wildman–Crippen LogP) is 3.52. The molecule has 1 aromatic rings. The summed E-state index contributed by atoms with van der Waals surface area (Å²) in [5.74, 6) is 0.674. The summed E-state index contributed by atoms with van der Waals surface area (Å²) in [5.41, 5.74) is 2.05. The smallest absolute Gasteiger partial charge is 0.132 e. The van der Waals surface area contributed by atoms with Gasteiger partial charge in [-0.2, -0.15) is 5.26 Å². The molecule has 1 heterocycles. The lowest BCUT2D eigenvalue weighted by Crippen LogP contribution is -2.04. The number of rotatable bonds is 4. The van der Waals surface area contributed by atoms with Crippen molar-refractivity contribution >= 4 is 17.4 Å². The number of nitrogens with one attached hydrogen (secondary N) is 1. The zero-order valence-corrected chi connectivity index (χ0v) is 10.3. The first-order valence-electron chi connectivity index (χ1n) is 5.77. The highest BCUT2D eigenvalue weighted by atomic mass is 35.5. The minimum atomic E-state index is 0.353. The summed E-state index contributed by atoms with van der Waals surface area (Å²) < 4.78 is 0. The van der Waals surface area contributed by atoms with Crippen LogP contribution in [0.2, 0.25) is 5.15 Å². The minimum absolute atomic E-state index is 0.353. The number of hydrogen-bond acceptors (Lipinski definition) is 3. The summed E-state index contributed by atoms with van der Waals surface area (Å²) in [4.78, 5) is 4.13. The average Bonchev–Trinajstić information content (AvgIpc) is 2.81. The maximum Gasteiger partial charge on any atom is 0.132 e. The second-order valence-electron chi connectivity index (χ2n) is 4.11. The van der Waals surface area contributed by atoms with E-state index in [4.69, 9.17) is 16.9 Å². The number of nitriles is 1. The number of aromatic nitrogens is 1. The monoisotopic (exact) mass is 247 g/mol. The summed E-state index contributed by atoms with van der Waals surface area (Å²) in [6, 6.07) is 5.34. The molecule has 0 fully saturated rings. The molecule has 0 spiro atoms. The van der Waals surface area contributed by atoms with E-state index in [0.29, 0.717) is 16.5 Å². The van der Waals surface area contributed by atoms with Gasteiger partial charge in [0.15, 0.2) is 0 Å². The molecule has 17 heavy (non-hydrogen) atoms. The van der Waals surface area contributed by atoms with Crippen molar-refractivity contribution in [2.45, 2.75) is 25.7 Å². The van der Waals surface area contributed by atoms with Crippen molar-refractivity contribution in [3.05, 3.63) is 34.5 Å².